The molecule has 0 amide bonds. The van der Waals surface area contributed by atoms with E-state index in [1.807, 2.05) is 18.2 Å². The van der Waals surface area contributed by atoms with Crippen LogP contribution in [0.4, 0.5) is 0 Å². The van der Waals surface area contributed by atoms with E-state index in [1.54, 1.807) is 7.11 Å². The molecule has 0 unspecified atom stereocenters. The normalized spacial score (nSPS) is 10.3. The van der Waals surface area contributed by atoms with Crippen LogP contribution in [0.15, 0.2) is 18.2 Å². The van der Waals surface area contributed by atoms with Crippen LogP contribution in [0.5, 0.6) is 11.5 Å². The molecule has 0 fully saturated rings. The Morgan fingerprint density at radius 1 is 1.24 bits per heavy atom. The van der Waals surface area contributed by atoms with E-state index in [0.717, 1.165) is 36.3 Å². The minimum atomic E-state index is 0.243. The predicted molar refractivity (Wildman–Crippen MR) is 67.3 cm³/mol. The summed E-state index contributed by atoms with van der Waals surface area (Å²) in [5, 5.41) is 8.66. The lowest BCUT2D eigenvalue weighted by molar-refractivity contribution is 0.265. The highest BCUT2D eigenvalue weighted by atomic mass is 16.5. The molecule has 4 heteroatoms. The van der Waals surface area contributed by atoms with Crippen molar-refractivity contribution in [2.45, 2.75) is 25.8 Å². The largest absolute Gasteiger partial charge is 0.497 e. The predicted octanol–water partition coefficient (Wildman–Crippen LogP) is 1.70. The van der Waals surface area contributed by atoms with E-state index < -0.39 is 0 Å². The Morgan fingerprint density at radius 2 is 2.06 bits per heavy atom. The lowest BCUT2D eigenvalue weighted by Crippen LogP contribution is -2.04. The van der Waals surface area contributed by atoms with E-state index >= 15 is 0 Å². The third-order valence-electron chi connectivity index (χ3n) is 2.55. The van der Waals surface area contributed by atoms with Gasteiger partial charge in [-0.1, -0.05) is 6.07 Å². The summed E-state index contributed by atoms with van der Waals surface area (Å²) in [4.78, 5) is 0. The number of methoxy groups -OCH3 is 1. The van der Waals surface area contributed by atoms with Gasteiger partial charge in [-0.25, -0.2) is 0 Å². The first kappa shape index (κ1) is 13.8. The molecule has 0 aliphatic heterocycles. The van der Waals surface area contributed by atoms with Gasteiger partial charge in [0, 0.05) is 24.8 Å². The highest BCUT2D eigenvalue weighted by Gasteiger charge is 2.04. The van der Waals surface area contributed by atoms with E-state index in [-0.39, 0.29) is 6.61 Å². The van der Waals surface area contributed by atoms with Crippen molar-refractivity contribution in [3.8, 4) is 11.5 Å². The van der Waals surface area contributed by atoms with E-state index in [9.17, 15) is 0 Å². The third kappa shape index (κ3) is 4.63. The summed E-state index contributed by atoms with van der Waals surface area (Å²) in [7, 11) is 1.63. The molecule has 3 N–H and O–H groups in total. The molecule has 96 valence electrons. The SMILES string of the molecule is COc1ccc(CN)c(OCCCCCO)c1. The zero-order valence-corrected chi connectivity index (χ0v) is 10.3. The number of hydrogen-bond acceptors (Lipinski definition) is 4. The maximum Gasteiger partial charge on any atom is 0.127 e. The minimum Gasteiger partial charge on any atom is -0.497 e. The Bertz CT molecular complexity index is 328. The molecular formula is C13H21NO3. The molecule has 1 aromatic rings. The second-order valence-corrected chi connectivity index (χ2v) is 3.81. The van der Waals surface area contributed by atoms with Crippen LogP contribution >= 0.6 is 0 Å². The zero-order chi connectivity index (χ0) is 12.5. The van der Waals surface area contributed by atoms with Crippen molar-refractivity contribution in [2.75, 3.05) is 20.3 Å². The summed E-state index contributed by atoms with van der Waals surface area (Å²) in [6.07, 6.45) is 2.73. The first-order valence-electron chi connectivity index (χ1n) is 5.92. The summed E-state index contributed by atoms with van der Waals surface area (Å²) in [6.45, 7) is 1.34. The quantitative estimate of drug-likeness (QED) is 0.678. The fourth-order valence-electron chi connectivity index (χ4n) is 1.54. The molecule has 0 spiro atoms. The van der Waals surface area contributed by atoms with Crippen molar-refractivity contribution in [3.63, 3.8) is 0 Å². The number of benzene rings is 1. The molecule has 0 saturated heterocycles. The molecule has 0 saturated carbocycles. The van der Waals surface area contributed by atoms with Gasteiger partial charge in [-0.05, 0) is 25.3 Å². The van der Waals surface area contributed by atoms with Gasteiger partial charge in [-0.2, -0.15) is 0 Å². The van der Waals surface area contributed by atoms with Crippen LogP contribution in [0.2, 0.25) is 0 Å². The van der Waals surface area contributed by atoms with E-state index in [2.05, 4.69) is 0 Å². The van der Waals surface area contributed by atoms with Crippen LogP contribution in [-0.4, -0.2) is 25.4 Å². The first-order valence-corrected chi connectivity index (χ1v) is 5.92. The Hall–Kier alpha value is -1.26. The highest BCUT2D eigenvalue weighted by Crippen LogP contribution is 2.24. The van der Waals surface area contributed by atoms with Crippen molar-refractivity contribution in [2.24, 2.45) is 5.73 Å². The van der Waals surface area contributed by atoms with Crippen LogP contribution < -0.4 is 15.2 Å². The molecular weight excluding hydrogens is 218 g/mol. The molecule has 1 aromatic carbocycles. The van der Waals surface area contributed by atoms with Crippen LogP contribution in [0.25, 0.3) is 0 Å². The van der Waals surface area contributed by atoms with E-state index in [1.165, 1.54) is 0 Å². The summed E-state index contributed by atoms with van der Waals surface area (Å²) in [6, 6.07) is 5.65. The van der Waals surface area contributed by atoms with Gasteiger partial charge in [0.2, 0.25) is 0 Å². The molecule has 17 heavy (non-hydrogen) atoms. The van der Waals surface area contributed by atoms with Crippen molar-refractivity contribution < 1.29 is 14.6 Å². The zero-order valence-electron chi connectivity index (χ0n) is 10.3. The standard InChI is InChI=1S/C13H21NO3/c1-16-12-6-5-11(10-14)13(9-12)17-8-4-2-3-7-15/h5-6,9,15H,2-4,7-8,10,14H2,1H3. The molecule has 0 aliphatic carbocycles. The average Bonchev–Trinajstić information content (AvgIpc) is 2.38. The number of hydrogen-bond donors (Lipinski definition) is 2. The molecule has 0 heterocycles. The second-order valence-electron chi connectivity index (χ2n) is 3.81. The topological polar surface area (TPSA) is 64.7 Å². The Balaban J connectivity index is 2.49. The van der Waals surface area contributed by atoms with Crippen LogP contribution in [0.1, 0.15) is 24.8 Å². The monoisotopic (exact) mass is 239 g/mol. The minimum absolute atomic E-state index is 0.243. The van der Waals surface area contributed by atoms with Crippen LogP contribution in [0, 0.1) is 0 Å². The van der Waals surface area contributed by atoms with Crippen molar-refractivity contribution in [1.29, 1.82) is 0 Å². The molecule has 0 aliphatic rings. The number of aliphatic hydroxyl groups excluding tert-OH is 1. The Morgan fingerprint density at radius 3 is 2.71 bits per heavy atom. The summed E-state index contributed by atoms with van der Waals surface area (Å²) in [5.74, 6) is 1.56. The maximum atomic E-state index is 8.66. The molecule has 0 aromatic heterocycles. The number of unbranched alkanes of at least 4 members (excludes halogenated alkanes) is 2. The fraction of sp³-hybridized carbons (Fsp3) is 0.538. The van der Waals surface area contributed by atoms with Gasteiger partial charge in [0.25, 0.3) is 0 Å². The number of rotatable bonds is 8. The van der Waals surface area contributed by atoms with Gasteiger partial charge in [0.15, 0.2) is 0 Å². The van der Waals surface area contributed by atoms with E-state index in [4.69, 9.17) is 20.3 Å². The molecule has 0 radical (unpaired) electrons. The van der Waals surface area contributed by atoms with Gasteiger partial charge in [0.05, 0.1) is 13.7 Å². The van der Waals surface area contributed by atoms with Gasteiger partial charge >= 0.3 is 0 Å². The van der Waals surface area contributed by atoms with Crippen LogP contribution in [-0.2, 0) is 6.54 Å². The molecule has 0 bridgehead atoms. The lowest BCUT2D eigenvalue weighted by Gasteiger charge is -2.11. The number of nitrogens with two attached hydrogens (primary N) is 1. The number of ether oxygens (including phenoxy) is 2. The second kappa shape index (κ2) is 7.92. The molecule has 0 atom stereocenters. The average molecular weight is 239 g/mol. The van der Waals surface area contributed by atoms with Gasteiger partial charge in [-0.3, -0.25) is 0 Å². The van der Waals surface area contributed by atoms with Gasteiger partial charge < -0.3 is 20.3 Å². The Kier molecular flexibility index (Phi) is 6.43. The summed E-state index contributed by atoms with van der Waals surface area (Å²) < 4.78 is 10.8. The number of aliphatic hydroxyl groups is 1. The van der Waals surface area contributed by atoms with E-state index in [0.29, 0.717) is 13.2 Å². The third-order valence-corrected chi connectivity index (χ3v) is 2.55. The summed E-state index contributed by atoms with van der Waals surface area (Å²) in [5.41, 5.74) is 6.62. The summed E-state index contributed by atoms with van der Waals surface area (Å²) >= 11 is 0. The van der Waals surface area contributed by atoms with Crippen molar-refractivity contribution >= 4 is 0 Å². The van der Waals surface area contributed by atoms with Crippen LogP contribution in [0.3, 0.4) is 0 Å². The first-order chi connectivity index (χ1) is 8.31. The molecule has 4 nitrogen and oxygen atoms in total. The highest BCUT2D eigenvalue weighted by molar-refractivity contribution is 5.40. The van der Waals surface area contributed by atoms with Gasteiger partial charge in [-0.15, -0.1) is 0 Å². The van der Waals surface area contributed by atoms with Crippen molar-refractivity contribution in [1.82, 2.24) is 0 Å². The smallest absolute Gasteiger partial charge is 0.127 e. The van der Waals surface area contributed by atoms with Gasteiger partial charge in [0.1, 0.15) is 11.5 Å². The van der Waals surface area contributed by atoms with Crippen molar-refractivity contribution in [3.05, 3.63) is 23.8 Å². The molecule has 1 rings (SSSR count). The Labute approximate surface area is 102 Å². The lowest BCUT2D eigenvalue weighted by atomic mass is 10.2. The fourth-order valence-corrected chi connectivity index (χ4v) is 1.54. The maximum absolute atomic E-state index is 8.66.